The van der Waals surface area contributed by atoms with Gasteiger partial charge in [-0.15, -0.1) is 0 Å². The molecule has 0 spiro atoms. The van der Waals surface area contributed by atoms with Gasteiger partial charge in [0.25, 0.3) is 0 Å². The Labute approximate surface area is 200 Å². The first-order chi connectivity index (χ1) is 16.7. The Morgan fingerprint density at radius 1 is 0.882 bits per heavy atom. The van der Waals surface area contributed by atoms with Crippen LogP contribution in [0.15, 0.2) is 116 Å². The molecule has 0 atom stereocenters. The van der Waals surface area contributed by atoms with Crippen molar-refractivity contribution >= 4 is 38.8 Å². The quantitative estimate of drug-likeness (QED) is 0.271. The van der Waals surface area contributed by atoms with Gasteiger partial charge in [-0.1, -0.05) is 67.3 Å². The summed E-state index contributed by atoms with van der Waals surface area (Å²) >= 11 is 0. The molecular weight excluding hydrogens is 414 g/mol. The van der Waals surface area contributed by atoms with Crippen LogP contribution in [0.5, 0.6) is 0 Å². The number of allylic oxidation sites excluding steroid dienone is 5. The summed E-state index contributed by atoms with van der Waals surface area (Å²) in [4.78, 5) is 4.69. The molecular formula is C31H27N3. The first-order valence-corrected chi connectivity index (χ1v) is 11.5. The Morgan fingerprint density at radius 3 is 2.47 bits per heavy atom. The predicted molar refractivity (Wildman–Crippen MR) is 146 cm³/mol. The number of rotatable bonds is 6. The van der Waals surface area contributed by atoms with E-state index in [1.165, 1.54) is 0 Å². The molecule has 5 rings (SSSR count). The number of aromatic nitrogens is 2. The number of nitrogens with one attached hydrogen (secondary N) is 1. The van der Waals surface area contributed by atoms with Crippen molar-refractivity contribution in [3.8, 4) is 5.69 Å². The molecule has 0 saturated heterocycles. The molecule has 3 nitrogen and oxygen atoms in total. The molecule has 2 heterocycles. The Morgan fingerprint density at radius 2 is 1.68 bits per heavy atom. The van der Waals surface area contributed by atoms with E-state index in [1.54, 1.807) is 0 Å². The summed E-state index contributed by atoms with van der Waals surface area (Å²) < 4.78 is 2.29. The number of nitrogens with zero attached hydrogens (tertiary/aromatic N) is 2. The highest BCUT2D eigenvalue weighted by molar-refractivity contribution is 6.08. The summed E-state index contributed by atoms with van der Waals surface area (Å²) in [5, 5.41) is 4.39. The monoisotopic (exact) mass is 441 g/mol. The lowest BCUT2D eigenvalue weighted by molar-refractivity contribution is 1.17. The maximum atomic E-state index is 4.69. The molecule has 2 aromatic heterocycles. The van der Waals surface area contributed by atoms with Crippen LogP contribution in [0.1, 0.15) is 18.1 Å². The van der Waals surface area contributed by atoms with E-state index in [-0.39, 0.29) is 0 Å². The highest BCUT2D eigenvalue weighted by atomic mass is 15.0. The standard InChI is InChI=1S/C31H27N3/c1-4-23(17-16-22(2)26-13-8-9-14-28(26)32-3)24-18-19-27-30(21-24)34(25-11-6-5-7-12-25)29-15-10-20-33-31(27)29/h4-21,32H,2H2,1,3H3/b17-16-,23-4+. The van der Waals surface area contributed by atoms with Crippen LogP contribution >= 0.6 is 0 Å². The number of fused-ring (bicyclic) bond motifs is 3. The molecule has 0 aliphatic carbocycles. The van der Waals surface area contributed by atoms with Gasteiger partial charge in [0.05, 0.1) is 16.6 Å². The number of anilines is 1. The van der Waals surface area contributed by atoms with E-state index >= 15 is 0 Å². The van der Waals surface area contributed by atoms with E-state index in [4.69, 9.17) is 4.98 Å². The lowest BCUT2D eigenvalue weighted by Crippen LogP contribution is -1.94. The molecule has 0 aliphatic rings. The van der Waals surface area contributed by atoms with Gasteiger partial charge in [0.2, 0.25) is 0 Å². The number of hydrogen-bond donors (Lipinski definition) is 1. The average molecular weight is 442 g/mol. The summed E-state index contributed by atoms with van der Waals surface area (Å²) in [5.41, 5.74) is 9.82. The molecule has 0 aliphatic heterocycles. The highest BCUT2D eigenvalue weighted by Crippen LogP contribution is 2.33. The minimum atomic E-state index is 0.966. The Kier molecular flexibility index (Phi) is 5.84. The number of pyridine rings is 1. The molecule has 166 valence electrons. The van der Waals surface area contributed by atoms with Crippen LogP contribution in [-0.2, 0) is 0 Å². The Balaban J connectivity index is 1.59. The first-order valence-electron chi connectivity index (χ1n) is 11.5. The third-order valence-corrected chi connectivity index (χ3v) is 6.19. The lowest BCUT2D eigenvalue weighted by atomic mass is 10.00. The van der Waals surface area contributed by atoms with Gasteiger partial charge in [-0.05, 0) is 66.1 Å². The molecule has 0 radical (unpaired) electrons. The second-order valence-electron chi connectivity index (χ2n) is 8.17. The first kappa shape index (κ1) is 21.5. The van der Waals surface area contributed by atoms with Gasteiger partial charge in [0.1, 0.15) is 0 Å². The van der Waals surface area contributed by atoms with Crippen LogP contribution in [0.25, 0.3) is 38.8 Å². The average Bonchev–Trinajstić information content (AvgIpc) is 3.23. The van der Waals surface area contributed by atoms with Crippen LogP contribution in [0.4, 0.5) is 5.69 Å². The fourth-order valence-electron chi connectivity index (χ4n) is 4.49. The normalized spacial score (nSPS) is 12.0. The number of hydrogen-bond acceptors (Lipinski definition) is 2. The zero-order valence-corrected chi connectivity index (χ0v) is 19.5. The van der Waals surface area contributed by atoms with E-state index in [0.29, 0.717) is 0 Å². The summed E-state index contributed by atoms with van der Waals surface area (Å²) in [5.74, 6) is 0. The molecule has 0 bridgehead atoms. The van der Waals surface area contributed by atoms with Gasteiger partial charge in [-0.2, -0.15) is 0 Å². The molecule has 0 unspecified atom stereocenters. The van der Waals surface area contributed by atoms with Gasteiger partial charge in [-0.3, -0.25) is 4.98 Å². The number of benzene rings is 3. The van der Waals surface area contributed by atoms with E-state index in [2.05, 4.69) is 102 Å². The molecule has 5 aromatic rings. The van der Waals surface area contributed by atoms with Gasteiger partial charge in [0.15, 0.2) is 0 Å². The minimum absolute atomic E-state index is 0.966. The van der Waals surface area contributed by atoms with Gasteiger partial charge in [-0.25, -0.2) is 0 Å². The second-order valence-corrected chi connectivity index (χ2v) is 8.17. The van der Waals surface area contributed by atoms with E-state index in [9.17, 15) is 0 Å². The molecule has 0 fully saturated rings. The zero-order valence-electron chi connectivity index (χ0n) is 19.5. The zero-order chi connectivity index (χ0) is 23.5. The number of para-hydroxylation sites is 2. The maximum Gasteiger partial charge on any atom is 0.0963 e. The van der Waals surface area contributed by atoms with Crippen molar-refractivity contribution in [3.63, 3.8) is 0 Å². The van der Waals surface area contributed by atoms with Gasteiger partial charge in [0, 0.05) is 35.6 Å². The lowest BCUT2D eigenvalue weighted by Gasteiger charge is -2.10. The molecule has 1 N–H and O–H groups in total. The Hall–Kier alpha value is -4.37. The molecule has 0 saturated carbocycles. The van der Waals surface area contributed by atoms with E-state index in [1.807, 2.05) is 37.5 Å². The van der Waals surface area contributed by atoms with Crippen molar-refractivity contribution in [2.45, 2.75) is 6.92 Å². The fraction of sp³-hybridized carbons (Fsp3) is 0.0645. The molecule has 34 heavy (non-hydrogen) atoms. The SMILES string of the molecule is C=C(/C=C\C(=C/C)c1ccc2c3ncccc3n(-c3ccccc3)c2c1)c1ccccc1NC. The second kappa shape index (κ2) is 9.24. The largest absolute Gasteiger partial charge is 0.388 e. The summed E-state index contributed by atoms with van der Waals surface area (Å²) in [6.45, 7) is 6.37. The van der Waals surface area contributed by atoms with E-state index in [0.717, 1.165) is 55.6 Å². The summed E-state index contributed by atoms with van der Waals surface area (Å²) in [7, 11) is 1.93. The smallest absolute Gasteiger partial charge is 0.0963 e. The van der Waals surface area contributed by atoms with Gasteiger partial charge >= 0.3 is 0 Å². The van der Waals surface area contributed by atoms with Gasteiger partial charge < -0.3 is 9.88 Å². The van der Waals surface area contributed by atoms with E-state index < -0.39 is 0 Å². The maximum absolute atomic E-state index is 4.69. The van der Waals surface area contributed by atoms with Crippen molar-refractivity contribution in [2.75, 3.05) is 12.4 Å². The molecule has 0 amide bonds. The third kappa shape index (κ3) is 3.82. The van der Waals surface area contributed by atoms with Crippen molar-refractivity contribution in [1.29, 1.82) is 0 Å². The van der Waals surface area contributed by atoms with Crippen LogP contribution in [0.2, 0.25) is 0 Å². The van der Waals surface area contributed by atoms with Crippen molar-refractivity contribution < 1.29 is 0 Å². The Bertz CT molecular complexity index is 1550. The van der Waals surface area contributed by atoms with Crippen molar-refractivity contribution in [1.82, 2.24) is 9.55 Å². The third-order valence-electron chi connectivity index (χ3n) is 6.19. The van der Waals surface area contributed by atoms with Crippen molar-refractivity contribution in [3.05, 3.63) is 127 Å². The summed E-state index contributed by atoms with van der Waals surface area (Å²) in [6.07, 6.45) is 8.23. The fourth-order valence-corrected chi connectivity index (χ4v) is 4.49. The van der Waals surface area contributed by atoms with Crippen molar-refractivity contribution in [2.24, 2.45) is 0 Å². The van der Waals surface area contributed by atoms with Crippen LogP contribution < -0.4 is 5.32 Å². The highest BCUT2D eigenvalue weighted by Gasteiger charge is 2.14. The van der Waals surface area contributed by atoms with Crippen LogP contribution in [0.3, 0.4) is 0 Å². The molecule has 3 heteroatoms. The summed E-state index contributed by atoms with van der Waals surface area (Å²) in [6, 6.07) is 29.4. The predicted octanol–water partition coefficient (Wildman–Crippen LogP) is 7.89. The topological polar surface area (TPSA) is 29.9 Å². The van der Waals surface area contributed by atoms with Crippen LogP contribution in [0, 0.1) is 0 Å². The molecule has 3 aromatic carbocycles. The minimum Gasteiger partial charge on any atom is -0.388 e. The van der Waals surface area contributed by atoms with Crippen LogP contribution in [-0.4, -0.2) is 16.6 Å².